The molecule has 23 heavy (non-hydrogen) atoms. The zero-order valence-electron chi connectivity index (χ0n) is 12.0. The van der Waals surface area contributed by atoms with Gasteiger partial charge in [-0.15, -0.1) is 0 Å². The maximum absolute atomic E-state index is 12.6. The van der Waals surface area contributed by atoms with Gasteiger partial charge in [0.1, 0.15) is 11.5 Å². The Balaban J connectivity index is 1.88. The number of rotatable bonds is 2. The number of hydrogen-bond acceptors (Lipinski definition) is 3. The molecule has 1 heterocycles. The standard InChI is InChI=1S/C16H12F3NO3/c1-22-11-6-7-13-12(8-11)20-15(21)14(23-13)9-2-4-10(5-3-9)16(17,18)19/h2-8,14H,1H3,(H,20,21)/t14-/m0/s1. The highest BCUT2D eigenvalue weighted by molar-refractivity contribution is 5.98. The van der Waals surface area contributed by atoms with Gasteiger partial charge in [0.15, 0.2) is 0 Å². The molecule has 0 aliphatic carbocycles. The summed E-state index contributed by atoms with van der Waals surface area (Å²) >= 11 is 0. The van der Waals surface area contributed by atoms with Crippen LogP contribution in [0.1, 0.15) is 17.2 Å². The molecular formula is C16H12F3NO3. The van der Waals surface area contributed by atoms with Crippen LogP contribution >= 0.6 is 0 Å². The highest BCUT2D eigenvalue weighted by Gasteiger charge is 2.32. The van der Waals surface area contributed by atoms with Gasteiger partial charge in [-0.25, -0.2) is 0 Å². The zero-order chi connectivity index (χ0) is 16.6. The zero-order valence-corrected chi connectivity index (χ0v) is 12.0. The average Bonchev–Trinajstić information content (AvgIpc) is 2.53. The maximum atomic E-state index is 12.6. The summed E-state index contributed by atoms with van der Waals surface area (Å²) in [6.07, 6.45) is -5.42. The van der Waals surface area contributed by atoms with Crippen molar-refractivity contribution in [2.24, 2.45) is 0 Å². The molecule has 1 atom stereocenters. The molecule has 0 saturated heterocycles. The number of amides is 1. The Kier molecular flexibility index (Phi) is 3.63. The van der Waals surface area contributed by atoms with Gasteiger partial charge in [-0.2, -0.15) is 13.2 Å². The molecule has 4 nitrogen and oxygen atoms in total. The molecule has 2 aromatic carbocycles. The van der Waals surface area contributed by atoms with Gasteiger partial charge >= 0.3 is 6.18 Å². The summed E-state index contributed by atoms with van der Waals surface area (Å²) in [5.74, 6) is 0.529. The molecular weight excluding hydrogens is 311 g/mol. The third-order valence-electron chi connectivity index (χ3n) is 3.47. The van der Waals surface area contributed by atoms with Crippen molar-refractivity contribution in [2.75, 3.05) is 12.4 Å². The summed E-state index contributed by atoms with van der Waals surface area (Å²) in [5.41, 5.74) is 0.0251. The summed E-state index contributed by atoms with van der Waals surface area (Å²) < 4.78 is 48.4. The number of anilines is 1. The van der Waals surface area contributed by atoms with E-state index in [0.717, 1.165) is 12.1 Å². The van der Waals surface area contributed by atoms with E-state index in [-0.39, 0.29) is 0 Å². The second-order valence-electron chi connectivity index (χ2n) is 4.97. The number of hydrogen-bond donors (Lipinski definition) is 1. The van der Waals surface area contributed by atoms with E-state index < -0.39 is 23.8 Å². The van der Waals surface area contributed by atoms with Crippen LogP contribution in [0.3, 0.4) is 0 Å². The minimum Gasteiger partial charge on any atom is -0.497 e. The van der Waals surface area contributed by atoms with E-state index in [0.29, 0.717) is 22.7 Å². The van der Waals surface area contributed by atoms with Crippen LogP contribution in [0.25, 0.3) is 0 Å². The fraction of sp³-hybridized carbons (Fsp3) is 0.188. The molecule has 0 radical (unpaired) electrons. The van der Waals surface area contributed by atoms with E-state index in [1.807, 2.05) is 0 Å². The molecule has 1 aliphatic heterocycles. The number of alkyl halides is 3. The highest BCUT2D eigenvalue weighted by atomic mass is 19.4. The number of carbonyl (C=O) groups excluding carboxylic acids is 1. The molecule has 1 aliphatic rings. The van der Waals surface area contributed by atoms with Crippen molar-refractivity contribution in [3.05, 3.63) is 53.6 Å². The van der Waals surface area contributed by atoms with Crippen LogP contribution in [0.15, 0.2) is 42.5 Å². The number of halogens is 3. The predicted octanol–water partition coefficient (Wildman–Crippen LogP) is 3.79. The van der Waals surface area contributed by atoms with Crippen molar-refractivity contribution in [2.45, 2.75) is 12.3 Å². The Morgan fingerprint density at radius 3 is 2.43 bits per heavy atom. The molecule has 0 fully saturated rings. The van der Waals surface area contributed by atoms with Gasteiger partial charge in [0.25, 0.3) is 5.91 Å². The molecule has 1 N–H and O–H groups in total. The Morgan fingerprint density at radius 2 is 1.83 bits per heavy atom. The Hall–Kier alpha value is -2.70. The van der Waals surface area contributed by atoms with Crippen molar-refractivity contribution in [3.8, 4) is 11.5 Å². The Labute approximate surface area is 129 Å². The molecule has 7 heteroatoms. The maximum Gasteiger partial charge on any atom is 0.416 e. The van der Waals surface area contributed by atoms with Gasteiger partial charge in [0.2, 0.25) is 6.10 Å². The van der Waals surface area contributed by atoms with Crippen molar-refractivity contribution < 1.29 is 27.4 Å². The number of benzene rings is 2. The molecule has 3 rings (SSSR count). The molecule has 0 aromatic heterocycles. The highest BCUT2D eigenvalue weighted by Crippen LogP contribution is 2.38. The first kappa shape index (κ1) is 15.2. The van der Waals surface area contributed by atoms with E-state index in [4.69, 9.17) is 9.47 Å². The van der Waals surface area contributed by atoms with Crippen LogP contribution in [0.4, 0.5) is 18.9 Å². The van der Waals surface area contributed by atoms with E-state index in [2.05, 4.69) is 5.32 Å². The normalized spacial score (nSPS) is 17.0. The minimum atomic E-state index is -4.42. The number of fused-ring (bicyclic) bond motifs is 1. The number of methoxy groups -OCH3 is 1. The smallest absolute Gasteiger partial charge is 0.416 e. The van der Waals surface area contributed by atoms with Gasteiger partial charge in [-0.3, -0.25) is 4.79 Å². The lowest BCUT2D eigenvalue weighted by molar-refractivity contribution is -0.137. The van der Waals surface area contributed by atoms with Gasteiger partial charge < -0.3 is 14.8 Å². The SMILES string of the molecule is COc1ccc2c(c1)NC(=O)[C@H](c1ccc(C(F)(F)F)cc1)O2. The van der Waals surface area contributed by atoms with Gasteiger partial charge in [0.05, 0.1) is 18.4 Å². The Bertz CT molecular complexity index is 741. The quantitative estimate of drug-likeness (QED) is 0.915. The lowest BCUT2D eigenvalue weighted by atomic mass is 10.0. The van der Waals surface area contributed by atoms with Crippen LogP contribution in [-0.4, -0.2) is 13.0 Å². The topological polar surface area (TPSA) is 47.6 Å². The average molecular weight is 323 g/mol. The third kappa shape index (κ3) is 2.94. The molecule has 1 amide bonds. The molecule has 120 valence electrons. The lowest BCUT2D eigenvalue weighted by Gasteiger charge is -2.26. The summed E-state index contributed by atoms with van der Waals surface area (Å²) in [6.45, 7) is 0. The van der Waals surface area contributed by atoms with Crippen LogP contribution in [0, 0.1) is 0 Å². The first-order valence-corrected chi connectivity index (χ1v) is 6.71. The first-order chi connectivity index (χ1) is 10.9. The fourth-order valence-electron chi connectivity index (χ4n) is 2.28. The summed E-state index contributed by atoms with van der Waals surface area (Å²) in [6, 6.07) is 9.23. The van der Waals surface area contributed by atoms with Crippen molar-refractivity contribution in [3.63, 3.8) is 0 Å². The summed E-state index contributed by atoms with van der Waals surface area (Å²) in [4.78, 5) is 12.1. The molecule has 0 unspecified atom stereocenters. The third-order valence-corrected chi connectivity index (χ3v) is 3.47. The van der Waals surface area contributed by atoms with E-state index in [9.17, 15) is 18.0 Å². The number of ether oxygens (including phenoxy) is 2. The van der Waals surface area contributed by atoms with Crippen LogP contribution in [0.2, 0.25) is 0 Å². The number of nitrogens with one attached hydrogen (secondary N) is 1. The fourth-order valence-corrected chi connectivity index (χ4v) is 2.28. The van der Waals surface area contributed by atoms with Crippen molar-refractivity contribution in [1.82, 2.24) is 0 Å². The largest absolute Gasteiger partial charge is 0.497 e. The molecule has 0 spiro atoms. The summed E-state index contributed by atoms with van der Waals surface area (Å²) in [7, 11) is 1.50. The van der Waals surface area contributed by atoms with Gasteiger partial charge in [-0.05, 0) is 24.3 Å². The second-order valence-corrected chi connectivity index (χ2v) is 4.97. The van der Waals surface area contributed by atoms with Crippen LogP contribution in [-0.2, 0) is 11.0 Å². The molecule has 2 aromatic rings. The van der Waals surface area contributed by atoms with Crippen molar-refractivity contribution in [1.29, 1.82) is 0 Å². The second kappa shape index (κ2) is 5.49. The van der Waals surface area contributed by atoms with Crippen molar-refractivity contribution >= 4 is 11.6 Å². The monoisotopic (exact) mass is 323 g/mol. The lowest BCUT2D eigenvalue weighted by Crippen LogP contribution is -2.30. The van der Waals surface area contributed by atoms with Gasteiger partial charge in [-0.1, -0.05) is 12.1 Å². The molecule has 0 bridgehead atoms. The predicted molar refractivity (Wildman–Crippen MR) is 76.4 cm³/mol. The van der Waals surface area contributed by atoms with E-state index in [1.54, 1.807) is 18.2 Å². The minimum absolute atomic E-state index is 0.344. The first-order valence-electron chi connectivity index (χ1n) is 6.71. The van der Waals surface area contributed by atoms with E-state index >= 15 is 0 Å². The van der Waals surface area contributed by atoms with Crippen LogP contribution in [0.5, 0.6) is 11.5 Å². The summed E-state index contributed by atoms with van der Waals surface area (Å²) in [5, 5.41) is 2.66. The number of carbonyl (C=O) groups is 1. The van der Waals surface area contributed by atoms with E-state index in [1.165, 1.54) is 19.2 Å². The molecule has 0 saturated carbocycles. The van der Waals surface area contributed by atoms with Crippen LogP contribution < -0.4 is 14.8 Å². The van der Waals surface area contributed by atoms with Gasteiger partial charge in [0, 0.05) is 11.6 Å². The Morgan fingerprint density at radius 1 is 1.13 bits per heavy atom.